The molecule has 0 aromatic carbocycles. The van der Waals surface area contributed by atoms with E-state index in [4.69, 9.17) is 21.1 Å². The Morgan fingerprint density at radius 1 is 1.46 bits per heavy atom. The van der Waals surface area contributed by atoms with Crippen LogP contribution in [0.5, 0.6) is 0 Å². The molecule has 0 aromatic rings. The van der Waals surface area contributed by atoms with E-state index in [9.17, 15) is 19.8 Å². The summed E-state index contributed by atoms with van der Waals surface area (Å²) in [5.41, 5.74) is -0.495. The maximum absolute atomic E-state index is 12.2. The summed E-state index contributed by atoms with van der Waals surface area (Å²) in [6.45, 7) is 13.0. The molecule has 0 radical (unpaired) electrons. The molecule has 2 saturated carbocycles. The Balaban J connectivity index is 2.04. The number of hydrogen-bond donors (Lipinski definition) is 2. The first-order chi connectivity index (χ1) is 12.1. The molecule has 1 heterocycles. The van der Waals surface area contributed by atoms with Gasteiger partial charge in [-0.25, -0.2) is 9.59 Å². The number of aliphatic hydroxyl groups is 2. The smallest absolute Gasteiger partial charge is 0.334 e. The molecule has 6 nitrogen and oxygen atoms in total. The summed E-state index contributed by atoms with van der Waals surface area (Å²) < 4.78 is 11.1. The van der Waals surface area contributed by atoms with Gasteiger partial charge in [-0.05, 0) is 19.3 Å². The lowest BCUT2D eigenvalue weighted by molar-refractivity contribution is -0.155. The van der Waals surface area contributed by atoms with Gasteiger partial charge >= 0.3 is 11.9 Å². The van der Waals surface area contributed by atoms with Crippen molar-refractivity contribution in [1.82, 2.24) is 0 Å². The Labute approximate surface area is 157 Å². The van der Waals surface area contributed by atoms with Crippen LogP contribution in [-0.2, 0) is 19.1 Å². The molecule has 3 aliphatic rings. The Kier molecular flexibility index (Phi) is 4.80. The number of fused-ring (bicyclic) bond motifs is 3. The lowest BCUT2D eigenvalue weighted by atomic mass is 9.76. The summed E-state index contributed by atoms with van der Waals surface area (Å²) >= 11 is 5.99. The average molecular weight is 383 g/mol. The molecule has 2 aliphatic carbocycles. The van der Waals surface area contributed by atoms with Gasteiger partial charge in [0.15, 0.2) is 0 Å². The summed E-state index contributed by atoms with van der Waals surface area (Å²) in [5, 5.41) is 21.4. The summed E-state index contributed by atoms with van der Waals surface area (Å²) in [6, 6.07) is 0. The van der Waals surface area contributed by atoms with Crippen molar-refractivity contribution in [3.8, 4) is 0 Å². The third-order valence-corrected chi connectivity index (χ3v) is 6.32. The van der Waals surface area contributed by atoms with Gasteiger partial charge in [0.1, 0.15) is 17.8 Å². The van der Waals surface area contributed by atoms with E-state index in [2.05, 4.69) is 19.7 Å². The zero-order valence-electron chi connectivity index (χ0n) is 14.6. The van der Waals surface area contributed by atoms with Crippen LogP contribution < -0.4 is 0 Å². The number of hydrogen-bond acceptors (Lipinski definition) is 6. The molecule has 7 heteroatoms. The van der Waals surface area contributed by atoms with Gasteiger partial charge in [-0.3, -0.25) is 0 Å². The van der Waals surface area contributed by atoms with Gasteiger partial charge in [0.25, 0.3) is 0 Å². The number of rotatable bonds is 3. The van der Waals surface area contributed by atoms with Crippen molar-refractivity contribution in [3.05, 3.63) is 36.5 Å². The molecule has 0 aromatic heterocycles. The first-order valence-electron chi connectivity index (χ1n) is 8.52. The zero-order valence-corrected chi connectivity index (χ0v) is 15.4. The number of aliphatic hydroxyl groups excluding tert-OH is 1. The second-order valence-corrected chi connectivity index (χ2v) is 7.78. The largest absolute Gasteiger partial charge is 0.458 e. The second kappa shape index (κ2) is 6.51. The predicted octanol–water partition coefficient (Wildman–Crippen LogP) is 1.50. The number of carbonyl (C=O) groups excluding carboxylic acids is 2. The van der Waals surface area contributed by atoms with E-state index in [0.29, 0.717) is 5.57 Å². The molecule has 0 bridgehead atoms. The van der Waals surface area contributed by atoms with E-state index in [1.165, 1.54) is 6.92 Å². The fourth-order valence-electron chi connectivity index (χ4n) is 4.50. The minimum absolute atomic E-state index is 0.182. The van der Waals surface area contributed by atoms with Crippen LogP contribution in [-0.4, -0.2) is 51.9 Å². The highest BCUT2D eigenvalue weighted by Crippen LogP contribution is 2.55. The number of alkyl halides is 1. The SMILES string of the molecule is C=C(C)C(=O)O[C@H]1CC(=C)[C@H]2C[C@@H](O)[C@@](O)(CCl)[C@H]2[C@H]2OC(=O)C(=C)[C@@H]21. The predicted molar refractivity (Wildman–Crippen MR) is 94.2 cm³/mol. The van der Waals surface area contributed by atoms with Gasteiger partial charge in [0.2, 0.25) is 0 Å². The lowest BCUT2D eigenvalue weighted by Crippen LogP contribution is -2.52. The first kappa shape index (κ1) is 19.1. The van der Waals surface area contributed by atoms with Crippen LogP contribution in [0.3, 0.4) is 0 Å². The molecule has 3 rings (SSSR count). The van der Waals surface area contributed by atoms with Crippen LogP contribution in [0.4, 0.5) is 0 Å². The van der Waals surface area contributed by atoms with Crippen molar-refractivity contribution in [2.24, 2.45) is 17.8 Å². The second-order valence-electron chi connectivity index (χ2n) is 7.52. The van der Waals surface area contributed by atoms with Gasteiger partial charge in [-0.2, -0.15) is 0 Å². The minimum Gasteiger partial charge on any atom is -0.458 e. The van der Waals surface area contributed by atoms with Crippen LogP contribution in [0.15, 0.2) is 36.5 Å². The van der Waals surface area contributed by atoms with Gasteiger partial charge in [-0.15, -0.1) is 11.6 Å². The molecule has 7 atom stereocenters. The molecule has 2 N–H and O–H groups in total. The van der Waals surface area contributed by atoms with Gasteiger partial charge in [-0.1, -0.05) is 25.3 Å². The molecule has 3 fully saturated rings. The lowest BCUT2D eigenvalue weighted by Gasteiger charge is -2.37. The van der Waals surface area contributed by atoms with Crippen molar-refractivity contribution in [3.63, 3.8) is 0 Å². The summed E-state index contributed by atoms with van der Waals surface area (Å²) in [6.07, 6.45) is -2.04. The quantitative estimate of drug-likeness (QED) is 0.332. The molecular formula is C19H23ClO6. The van der Waals surface area contributed by atoms with Crippen LogP contribution >= 0.6 is 11.6 Å². The van der Waals surface area contributed by atoms with Crippen molar-refractivity contribution < 1.29 is 29.3 Å². The maximum atomic E-state index is 12.2. The monoisotopic (exact) mass is 382 g/mol. The Hall–Kier alpha value is -1.63. The minimum atomic E-state index is -1.63. The topological polar surface area (TPSA) is 93.1 Å². The third-order valence-electron chi connectivity index (χ3n) is 5.89. The van der Waals surface area contributed by atoms with Crippen LogP contribution in [0.25, 0.3) is 0 Å². The molecule has 0 amide bonds. The standard InChI is InChI=1S/C19H23ClO6/c1-8(2)17(22)25-12-5-9(3)11-6-13(21)19(24,7-20)15(11)16-14(12)10(4)18(23)26-16/h11-16,21,24H,1,3-7H2,2H3/t11-,12+,13-,14-,15-,16+,19+/m1/s1. The fraction of sp³-hybridized carbons (Fsp3) is 0.579. The normalized spacial score (nSPS) is 41.9. The van der Waals surface area contributed by atoms with Crippen molar-refractivity contribution >= 4 is 23.5 Å². The highest BCUT2D eigenvalue weighted by Gasteiger charge is 2.64. The van der Waals surface area contributed by atoms with Gasteiger partial charge < -0.3 is 19.7 Å². The summed E-state index contributed by atoms with van der Waals surface area (Å²) in [4.78, 5) is 24.3. The Bertz CT molecular complexity index is 700. The highest BCUT2D eigenvalue weighted by molar-refractivity contribution is 6.18. The maximum Gasteiger partial charge on any atom is 0.334 e. The summed E-state index contributed by atoms with van der Waals surface area (Å²) in [5.74, 6) is -2.99. The molecule has 142 valence electrons. The zero-order chi connectivity index (χ0) is 19.4. The summed E-state index contributed by atoms with van der Waals surface area (Å²) in [7, 11) is 0. The van der Waals surface area contributed by atoms with E-state index >= 15 is 0 Å². The average Bonchev–Trinajstić information content (AvgIpc) is 2.97. The van der Waals surface area contributed by atoms with Crippen LogP contribution in [0.2, 0.25) is 0 Å². The van der Waals surface area contributed by atoms with Crippen molar-refractivity contribution in [2.45, 2.75) is 43.7 Å². The van der Waals surface area contributed by atoms with Crippen LogP contribution in [0, 0.1) is 17.8 Å². The van der Waals surface area contributed by atoms with Gasteiger partial charge in [0.05, 0.1) is 17.9 Å². The molecule has 1 aliphatic heterocycles. The van der Waals surface area contributed by atoms with Crippen molar-refractivity contribution in [2.75, 3.05) is 5.88 Å². The van der Waals surface area contributed by atoms with E-state index in [1.54, 1.807) is 0 Å². The van der Waals surface area contributed by atoms with Crippen LogP contribution in [0.1, 0.15) is 19.8 Å². The Morgan fingerprint density at radius 3 is 2.69 bits per heavy atom. The van der Waals surface area contributed by atoms with E-state index in [-0.39, 0.29) is 35.8 Å². The molecule has 26 heavy (non-hydrogen) atoms. The Morgan fingerprint density at radius 2 is 2.12 bits per heavy atom. The number of halogens is 1. The number of esters is 2. The highest BCUT2D eigenvalue weighted by atomic mass is 35.5. The number of ether oxygens (including phenoxy) is 2. The van der Waals surface area contributed by atoms with Gasteiger partial charge in [0, 0.05) is 23.5 Å². The van der Waals surface area contributed by atoms with E-state index in [1.807, 2.05) is 0 Å². The van der Waals surface area contributed by atoms with E-state index < -0.39 is 47.7 Å². The number of carbonyl (C=O) groups is 2. The fourth-order valence-corrected chi connectivity index (χ4v) is 4.86. The van der Waals surface area contributed by atoms with E-state index in [0.717, 1.165) is 0 Å². The molecule has 1 saturated heterocycles. The first-order valence-corrected chi connectivity index (χ1v) is 9.05. The van der Waals surface area contributed by atoms with Crippen molar-refractivity contribution in [1.29, 1.82) is 0 Å². The third kappa shape index (κ3) is 2.71. The molecule has 0 spiro atoms. The molecular weight excluding hydrogens is 360 g/mol. The molecule has 0 unspecified atom stereocenters.